The first-order valence-corrected chi connectivity index (χ1v) is 7.68. The molecular weight excluding hydrogens is 268 g/mol. The fraction of sp³-hybridized carbons (Fsp3) is 0.562. The van der Waals surface area contributed by atoms with Gasteiger partial charge in [-0.1, -0.05) is 0 Å². The lowest BCUT2D eigenvalue weighted by Crippen LogP contribution is -2.40. The molecule has 2 aliphatic rings. The topological polar surface area (TPSA) is 72.8 Å². The fourth-order valence-electron chi connectivity index (χ4n) is 3.01. The number of nitrogens with one attached hydrogen (secondary N) is 1. The molecule has 21 heavy (non-hydrogen) atoms. The Morgan fingerprint density at radius 1 is 1.10 bits per heavy atom. The number of piperidine rings is 1. The lowest BCUT2D eigenvalue weighted by atomic mass is 9.97. The molecule has 1 aromatic carbocycles. The minimum atomic E-state index is -0.0813. The number of phenolic OH excluding ortho intramolecular Hbond substituents is 2. The van der Waals surface area contributed by atoms with E-state index >= 15 is 0 Å². The summed E-state index contributed by atoms with van der Waals surface area (Å²) in [5, 5.41) is 22.5. The number of nitrogens with zero attached hydrogens (tertiary/aromatic N) is 1. The maximum Gasteiger partial charge on any atom is 0.254 e. The van der Waals surface area contributed by atoms with Crippen LogP contribution in [-0.2, 0) is 0 Å². The molecule has 3 N–H and O–H groups in total. The predicted molar refractivity (Wildman–Crippen MR) is 79.4 cm³/mol. The van der Waals surface area contributed by atoms with Crippen LogP contribution in [0.1, 0.15) is 36.0 Å². The Balaban J connectivity index is 1.74. The number of carbonyl (C=O) groups is 1. The summed E-state index contributed by atoms with van der Waals surface area (Å²) in [5.74, 6) is 0.316. The van der Waals surface area contributed by atoms with Crippen LogP contribution in [0, 0.1) is 5.92 Å². The van der Waals surface area contributed by atoms with Crippen LogP contribution in [0.25, 0.3) is 0 Å². The summed E-state index contributed by atoms with van der Waals surface area (Å²) in [4.78, 5) is 14.6. The van der Waals surface area contributed by atoms with E-state index in [9.17, 15) is 15.0 Å². The van der Waals surface area contributed by atoms with Gasteiger partial charge in [-0.15, -0.1) is 0 Å². The van der Waals surface area contributed by atoms with E-state index in [1.807, 2.05) is 4.90 Å². The van der Waals surface area contributed by atoms with E-state index in [-0.39, 0.29) is 17.4 Å². The lowest BCUT2D eigenvalue weighted by molar-refractivity contribution is 0.0701. The highest BCUT2D eigenvalue weighted by Gasteiger charge is 2.34. The molecule has 0 bridgehead atoms. The van der Waals surface area contributed by atoms with Gasteiger partial charge in [0.1, 0.15) is 11.5 Å². The van der Waals surface area contributed by atoms with Gasteiger partial charge in [-0.05, 0) is 56.8 Å². The summed E-state index contributed by atoms with van der Waals surface area (Å²) < 4.78 is 0. The Bertz CT molecular complexity index is 502. The van der Waals surface area contributed by atoms with E-state index in [4.69, 9.17) is 0 Å². The van der Waals surface area contributed by atoms with E-state index in [0.717, 1.165) is 45.3 Å². The number of phenols is 2. The highest BCUT2D eigenvalue weighted by atomic mass is 16.3. The third-order valence-corrected chi connectivity index (χ3v) is 4.31. The van der Waals surface area contributed by atoms with Crippen molar-refractivity contribution in [2.75, 3.05) is 19.6 Å². The van der Waals surface area contributed by atoms with Gasteiger partial charge in [-0.3, -0.25) is 4.79 Å². The van der Waals surface area contributed by atoms with Crippen LogP contribution in [-0.4, -0.2) is 46.7 Å². The molecule has 1 aliphatic heterocycles. The lowest BCUT2D eigenvalue weighted by Gasteiger charge is -2.30. The number of hydrogen-bond donors (Lipinski definition) is 3. The number of aromatic hydroxyl groups is 2. The van der Waals surface area contributed by atoms with Crippen LogP contribution < -0.4 is 5.32 Å². The van der Waals surface area contributed by atoms with Crippen molar-refractivity contribution in [3.05, 3.63) is 23.8 Å². The van der Waals surface area contributed by atoms with E-state index in [0.29, 0.717) is 17.5 Å². The number of carbonyl (C=O) groups excluding carboxylic acids is 1. The van der Waals surface area contributed by atoms with Crippen molar-refractivity contribution in [3.63, 3.8) is 0 Å². The van der Waals surface area contributed by atoms with Crippen LogP contribution in [0.4, 0.5) is 0 Å². The molecule has 0 atom stereocenters. The molecule has 0 unspecified atom stereocenters. The van der Waals surface area contributed by atoms with Crippen molar-refractivity contribution in [2.24, 2.45) is 5.92 Å². The first-order chi connectivity index (χ1) is 10.1. The Morgan fingerprint density at radius 3 is 2.29 bits per heavy atom. The first kappa shape index (κ1) is 14.2. The monoisotopic (exact) mass is 290 g/mol. The molecule has 3 rings (SSSR count). The van der Waals surface area contributed by atoms with Crippen LogP contribution >= 0.6 is 0 Å². The van der Waals surface area contributed by atoms with E-state index in [2.05, 4.69) is 5.32 Å². The molecule has 1 saturated carbocycles. The molecule has 5 heteroatoms. The van der Waals surface area contributed by atoms with Gasteiger partial charge in [-0.25, -0.2) is 0 Å². The zero-order valence-corrected chi connectivity index (χ0v) is 12.1. The molecule has 1 heterocycles. The SMILES string of the molecule is O=C(c1cc(O)cc(O)c1)N(CC1CCNCC1)C1CC1. The Morgan fingerprint density at radius 2 is 1.71 bits per heavy atom. The van der Waals surface area contributed by atoms with Gasteiger partial charge in [0.05, 0.1) is 0 Å². The van der Waals surface area contributed by atoms with Crippen molar-refractivity contribution in [1.29, 1.82) is 0 Å². The van der Waals surface area contributed by atoms with Gasteiger partial charge in [0, 0.05) is 24.2 Å². The average molecular weight is 290 g/mol. The Kier molecular flexibility index (Phi) is 4.01. The molecule has 1 amide bonds. The second-order valence-electron chi connectivity index (χ2n) is 6.12. The summed E-state index contributed by atoms with van der Waals surface area (Å²) in [6.45, 7) is 2.82. The normalized spacial score (nSPS) is 19.4. The predicted octanol–water partition coefficient (Wildman–Crippen LogP) is 1.70. The number of benzene rings is 1. The fourth-order valence-corrected chi connectivity index (χ4v) is 3.01. The van der Waals surface area contributed by atoms with E-state index in [1.165, 1.54) is 18.2 Å². The molecule has 1 aliphatic carbocycles. The molecule has 114 valence electrons. The average Bonchev–Trinajstić information content (AvgIpc) is 3.29. The van der Waals surface area contributed by atoms with Crippen LogP contribution in [0.2, 0.25) is 0 Å². The standard InChI is InChI=1S/C16H22N2O3/c19-14-7-12(8-15(20)9-14)16(21)18(13-1-2-13)10-11-3-5-17-6-4-11/h7-9,11,13,17,19-20H,1-6,10H2. The Hall–Kier alpha value is -1.75. The summed E-state index contributed by atoms with van der Waals surface area (Å²) in [7, 11) is 0. The quantitative estimate of drug-likeness (QED) is 0.789. The largest absolute Gasteiger partial charge is 0.508 e. The third-order valence-electron chi connectivity index (χ3n) is 4.31. The van der Waals surface area contributed by atoms with Crippen molar-refractivity contribution < 1.29 is 15.0 Å². The maximum atomic E-state index is 12.7. The minimum absolute atomic E-state index is 0.0732. The zero-order valence-electron chi connectivity index (χ0n) is 12.1. The molecule has 0 spiro atoms. The molecule has 0 aromatic heterocycles. The van der Waals surface area contributed by atoms with Crippen molar-refractivity contribution in [2.45, 2.75) is 31.7 Å². The van der Waals surface area contributed by atoms with Crippen molar-refractivity contribution >= 4 is 5.91 Å². The number of rotatable bonds is 4. The van der Waals surface area contributed by atoms with Crippen molar-refractivity contribution in [3.8, 4) is 11.5 Å². The zero-order chi connectivity index (χ0) is 14.8. The Labute approximate surface area is 124 Å². The summed E-state index contributed by atoms with van der Waals surface area (Å²) in [5.41, 5.74) is 0.369. The van der Waals surface area contributed by atoms with Gasteiger partial charge in [0.2, 0.25) is 0 Å². The van der Waals surface area contributed by atoms with E-state index < -0.39 is 0 Å². The van der Waals surface area contributed by atoms with E-state index in [1.54, 1.807) is 0 Å². The molecule has 0 radical (unpaired) electrons. The van der Waals surface area contributed by atoms with Crippen LogP contribution in [0.15, 0.2) is 18.2 Å². The highest BCUT2D eigenvalue weighted by molar-refractivity contribution is 5.95. The van der Waals surface area contributed by atoms with Crippen LogP contribution in [0.3, 0.4) is 0 Å². The molecule has 1 saturated heterocycles. The maximum absolute atomic E-state index is 12.7. The van der Waals surface area contributed by atoms with Gasteiger partial charge in [0.15, 0.2) is 0 Å². The minimum Gasteiger partial charge on any atom is -0.508 e. The third kappa shape index (κ3) is 3.47. The second kappa shape index (κ2) is 5.93. The highest BCUT2D eigenvalue weighted by Crippen LogP contribution is 2.31. The van der Waals surface area contributed by atoms with Crippen LogP contribution in [0.5, 0.6) is 11.5 Å². The van der Waals surface area contributed by atoms with Gasteiger partial charge in [-0.2, -0.15) is 0 Å². The molecule has 2 fully saturated rings. The molecular formula is C16H22N2O3. The smallest absolute Gasteiger partial charge is 0.254 e. The van der Waals surface area contributed by atoms with Gasteiger partial charge >= 0.3 is 0 Å². The van der Waals surface area contributed by atoms with Gasteiger partial charge in [0.25, 0.3) is 5.91 Å². The summed E-state index contributed by atoms with van der Waals surface area (Å²) in [6.07, 6.45) is 4.31. The van der Waals surface area contributed by atoms with Gasteiger partial charge < -0.3 is 20.4 Å². The first-order valence-electron chi connectivity index (χ1n) is 7.68. The second-order valence-corrected chi connectivity index (χ2v) is 6.12. The summed E-state index contributed by atoms with van der Waals surface area (Å²) >= 11 is 0. The number of amides is 1. The van der Waals surface area contributed by atoms with Crippen molar-refractivity contribution in [1.82, 2.24) is 10.2 Å². The summed E-state index contributed by atoms with van der Waals surface area (Å²) in [6, 6.07) is 4.43. The molecule has 1 aromatic rings. The number of hydrogen-bond acceptors (Lipinski definition) is 4. The molecule has 5 nitrogen and oxygen atoms in total.